The maximum absolute atomic E-state index is 5.48. The van der Waals surface area contributed by atoms with Gasteiger partial charge in [-0.15, -0.1) is 0 Å². The van der Waals surface area contributed by atoms with Crippen molar-refractivity contribution in [2.75, 3.05) is 39.2 Å². The highest BCUT2D eigenvalue weighted by molar-refractivity contribution is 5.81. The minimum absolute atomic E-state index is 0.642. The highest BCUT2D eigenvalue weighted by Gasteiger charge is 2.19. The SMILES string of the molecule is COc1ccc(-c2c(C)nn3c(NCC4CCNCC4)nc(C)nc23)cc1OC. The van der Waals surface area contributed by atoms with Crippen LogP contribution in [-0.2, 0) is 0 Å². The molecule has 1 saturated heterocycles. The molecule has 2 aromatic heterocycles. The Morgan fingerprint density at radius 3 is 2.59 bits per heavy atom. The van der Waals surface area contributed by atoms with E-state index in [0.29, 0.717) is 23.2 Å². The maximum atomic E-state index is 5.48. The van der Waals surface area contributed by atoms with Gasteiger partial charge in [-0.1, -0.05) is 6.07 Å². The van der Waals surface area contributed by atoms with E-state index < -0.39 is 0 Å². The zero-order valence-electron chi connectivity index (χ0n) is 17.5. The molecule has 0 bridgehead atoms. The second kappa shape index (κ2) is 8.24. The number of nitrogens with zero attached hydrogens (tertiary/aromatic N) is 4. The van der Waals surface area contributed by atoms with Crippen LogP contribution in [0.4, 0.5) is 5.95 Å². The van der Waals surface area contributed by atoms with Crippen LogP contribution in [0.25, 0.3) is 16.8 Å². The summed E-state index contributed by atoms with van der Waals surface area (Å²) in [5.41, 5.74) is 3.64. The molecule has 2 N–H and O–H groups in total. The third kappa shape index (κ3) is 3.85. The van der Waals surface area contributed by atoms with E-state index in [0.717, 1.165) is 48.1 Å². The van der Waals surface area contributed by atoms with E-state index in [1.54, 1.807) is 14.2 Å². The van der Waals surface area contributed by atoms with Crippen molar-refractivity contribution in [1.82, 2.24) is 24.9 Å². The zero-order chi connectivity index (χ0) is 20.4. The molecule has 0 amide bonds. The van der Waals surface area contributed by atoms with Crippen LogP contribution in [0.2, 0.25) is 0 Å². The molecular formula is C21H28N6O2. The topological polar surface area (TPSA) is 85.6 Å². The summed E-state index contributed by atoms with van der Waals surface area (Å²) in [4.78, 5) is 9.31. The van der Waals surface area contributed by atoms with Crippen molar-refractivity contribution in [1.29, 1.82) is 0 Å². The number of rotatable bonds is 6. The lowest BCUT2D eigenvalue weighted by molar-refractivity contribution is 0.355. The fourth-order valence-corrected chi connectivity index (χ4v) is 3.91. The summed E-state index contributed by atoms with van der Waals surface area (Å²) in [6.07, 6.45) is 2.35. The molecular weight excluding hydrogens is 368 g/mol. The van der Waals surface area contributed by atoms with Gasteiger partial charge in [-0.25, -0.2) is 4.98 Å². The van der Waals surface area contributed by atoms with E-state index in [4.69, 9.17) is 19.6 Å². The van der Waals surface area contributed by atoms with Crippen molar-refractivity contribution >= 4 is 11.6 Å². The van der Waals surface area contributed by atoms with Gasteiger partial charge < -0.3 is 20.1 Å². The monoisotopic (exact) mass is 396 g/mol. The van der Waals surface area contributed by atoms with E-state index >= 15 is 0 Å². The number of ether oxygens (including phenoxy) is 2. The summed E-state index contributed by atoms with van der Waals surface area (Å²) in [5.74, 6) is 3.47. The van der Waals surface area contributed by atoms with E-state index in [1.165, 1.54) is 12.8 Å². The van der Waals surface area contributed by atoms with Crippen LogP contribution in [0.5, 0.6) is 11.5 Å². The minimum Gasteiger partial charge on any atom is -0.493 e. The molecule has 8 nitrogen and oxygen atoms in total. The lowest BCUT2D eigenvalue weighted by Crippen LogP contribution is -2.31. The zero-order valence-corrected chi connectivity index (χ0v) is 17.5. The van der Waals surface area contributed by atoms with Crippen molar-refractivity contribution in [2.24, 2.45) is 5.92 Å². The number of aromatic nitrogens is 4. The third-order valence-electron chi connectivity index (χ3n) is 5.45. The molecule has 3 heterocycles. The molecule has 1 fully saturated rings. The summed E-state index contributed by atoms with van der Waals surface area (Å²) < 4.78 is 12.7. The molecule has 0 unspecified atom stereocenters. The predicted molar refractivity (Wildman–Crippen MR) is 113 cm³/mol. The van der Waals surface area contributed by atoms with Gasteiger partial charge in [-0.2, -0.15) is 14.6 Å². The Balaban J connectivity index is 1.72. The molecule has 29 heavy (non-hydrogen) atoms. The van der Waals surface area contributed by atoms with E-state index in [2.05, 4.69) is 15.6 Å². The van der Waals surface area contributed by atoms with Crippen LogP contribution in [0.1, 0.15) is 24.4 Å². The Morgan fingerprint density at radius 1 is 1.10 bits per heavy atom. The van der Waals surface area contributed by atoms with Gasteiger partial charge in [0.1, 0.15) is 5.82 Å². The third-order valence-corrected chi connectivity index (χ3v) is 5.45. The number of fused-ring (bicyclic) bond motifs is 1. The number of hydrogen-bond acceptors (Lipinski definition) is 7. The number of methoxy groups -OCH3 is 2. The van der Waals surface area contributed by atoms with Gasteiger partial charge in [-0.3, -0.25) is 0 Å². The van der Waals surface area contributed by atoms with Gasteiger partial charge in [0.2, 0.25) is 5.95 Å². The second-order valence-electron chi connectivity index (χ2n) is 7.43. The highest BCUT2D eigenvalue weighted by atomic mass is 16.5. The summed E-state index contributed by atoms with van der Waals surface area (Å²) in [7, 11) is 3.27. The van der Waals surface area contributed by atoms with Crippen molar-refractivity contribution in [3.05, 3.63) is 29.7 Å². The molecule has 0 spiro atoms. The van der Waals surface area contributed by atoms with Gasteiger partial charge >= 0.3 is 0 Å². The van der Waals surface area contributed by atoms with Gasteiger partial charge in [0.25, 0.3) is 0 Å². The van der Waals surface area contributed by atoms with Crippen molar-refractivity contribution < 1.29 is 9.47 Å². The Bertz CT molecular complexity index is 1010. The summed E-state index contributed by atoms with van der Waals surface area (Å²) >= 11 is 0. The average Bonchev–Trinajstić information content (AvgIpc) is 3.07. The molecule has 8 heteroatoms. The molecule has 1 aromatic carbocycles. The highest BCUT2D eigenvalue weighted by Crippen LogP contribution is 2.35. The molecule has 0 radical (unpaired) electrons. The number of benzene rings is 1. The van der Waals surface area contributed by atoms with E-state index in [1.807, 2.05) is 36.6 Å². The molecule has 3 aromatic rings. The van der Waals surface area contributed by atoms with Crippen molar-refractivity contribution in [3.8, 4) is 22.6 Å². The molecule has 1 aliphatic rings. The summed E-state index contributed by atoms with van der Waals surface area (Å²) in [6, 6.07) is 5.87. The average molecular weight is 396 g/mol. The smallest absolute Gasteiger partial charge is 0.227 e. The normalized spacial score (nSPS) is 14.9. The number of anilines is 1. The van der Waals surface area contributed by atoms with Gasteiger partial charge in [0.15, 0.2) is 17.1 Å². The minimum atomic E-state index is 0.642. The van der Waals surface area contributed by atoms with Crippen LogP contribution in [0, 0.1) is 19.8 Å². The molecule has 0 atom stereocenters. The largest absolute Gasteiger partial charge is 0.493 e. The van der Waals surface area contributed by atoms with Crippen molar-refractivity contribution in [2.45, 2.75) is 26.7 Å². The molecule has 0 aliphatic carbocycles. The van der Waals surface area contributed by atoms with Crippen LogP contribution in [0.15, 0.2) is 18.2 Å². The molecule has 154 valence electrons. The Morgan fingerprint density at radius 2 is 1.86 bits per heavy atom. The van der Waals surface area contributed by atoms with Crippen LogP contribution in [0.3, 0.4) is 0 Å². The first-order valence-electron chi connectivity index (χ1n) is 10.0. The Hall–Kier alpha value is -2.87. The number of piperidine rings is 1. The predicted octanol–water partition coefficient (Wildman–Crippen LogP) is 2.84. The number of hydrogen-bond donors (Lipinski definition) is 2. The second-order valence-corrected chi connectivity index (χ2v) is 7.43. The van der Waals surface area contributed by atoms with E-state index in [-0.39, 0.29) is 0 Å². The van der Waals surface area contributed by atoms with Crippen LogP contribution >= 0.6 is 0 Å². The summed E-state index contributed by atoms with van der Waals surface area (Å²) in [6.45, 7) is 6.95. The summed E-state index contributed by atoms with van der Waals surface area (Å²) in [5, 5.41) is 11.7. The molecule has 4 rings (SSSR count). The fourth-order valence-electron chi connectivity index (χ4n) is 3.91. The first kappa shape index (κ1) is 19.4. The van der Waals surface area contributed by atoms with Gasteiger partial charge in [0, 0.05) is 12.1 Å². The van der Waals surface area contributed by atoms with Gasteiger partial charge in [-0.05, 0) is 63.4 Å². The Labute approximate surface area is 170 Å². The van der Waals surface area contributed by atoms with Crippen LogP contribution < -0.4 is 20.1 Å². The van der Waals surface area contributed by atoms with Crippen LogP contribution in [-0.4, -0.2) is 53.4 Å². The Kier molecular flexibility index (Phi) is 5.53. The van der Waals surface area contributed by atoms with E-state index in [9.17, 15) is 0 Å². The number of nitrogens with one attached hydrogen (secondary N) is 2. The number of aryl methyl sites for hydroxylation is 2. The van der Waals surface area contributed by atoms with Crippen molar-refractivity contribution in [3.63, 3.8) is 0 Å². The van der Waals surface area contributed by atoms with Gasteiger partial charge in [0.05, 0.1) is 19.9 Å². The quantitative estimate of drug-likeness (QED) is 0.663. The first-order chi connectivity index (χ1) is 14.1. The standard InChI is InChI=1S/C21H28N6O2/c1-13-19(16-5-6-17(28-3)18(11-16)29-4)20-24-14(2)25-21(27(20)26-13)23-12-15-7-9-22-10-8-15/h5-6,11,15,22H,7-10,12H2,1-4H3,(H,23,24,25). The lowest BCUT2D eigenvalue weighted by atomic mass is 9.98. The first-order valence-corrected chi connectivity index (χ1v) is 10.0. The molecule has 1 aliphatic heterocycles. The fraction of sp³-hybridized carbons (Fsp3) is 0.476. The maximum Gasteiger partial charge on any atom is 0.227 e. The lowest BCUT2D eigenvalue weighted by Gasteiger charge is -2.23. The molecule has 0 saturated carbocycles.